The second kappa shape index (κ2) is 8.88. The summed E-state index contributed by atoms with van der Waals surface area (Å²) < 4.78 is 1.81. The van der Waals surface area contributed by atoms with Gasteiger partial charge in [0.2, 0.25) is 5.91 Å². The fraction of sp³-hybridized carbons (Fsp3) is 0.292. The Morgan fingerprint density at radius 1 is 1.07 bits per heavy atom. The molecule has 0 saturated carbocycles. The quantitative estimate of drug-likeness (QED) is 0.636. The molecule has 0 radical (unpaired) electrons. The number of carbonyl (C=O) groups is 1. The van der Waals surface area contributed by atoms with Crippen molar-refractivity contribution in [2.24, 2.45) is 0 Å². The van der Waals surface area contributed by atoms with Crippen molar-refractivity contribution in [1.29, 1.82) is 0 Å². The number of fused-ring (bicyclic) bond motifs is 1. The van der Waals surface area contributed by atoms with Crippen molar-refractivity contribution in [3.8, 4) is 0 Å². The smallest absolute Gasteiger partial charge is 0.257 e. The monoisotopic (exact) mass is 419 g/mol. The predicted octanol–water partition coefficient (Wildman–Crippen LogP) is 3.44. The van der Waals surface area contributed by atoms with Gasteiger partial charge < -0.3 is 4.90 Å². The fourth-order valence-corrected chi connectivity index (χ4v) is 4.54. The van der Waals surface area contributed by atoms with Crippen molar-refractivity contribution in [2.45, 2.75) is 25.9 Å². The van der Waals surface area contributed by atoms with Crippen LogP contribution < -0.4 is 5.56 Å². The average Bonchev–Trinajstić information content (AvgIpc) is 2.77. The summed E-state index contributed by atoms with van der Waals surface area (Å²) in [5.41, 5.74) is 3.54. The van der Waals surface area contributed by atoms with Gasteiger partial charge in [-0.05, 0) is 30.7 Å². The van der Waals surface area contributed by atoms with Crippen LogP contribution in [0.15, 0.2) is 65.5 Å². The minimum absolute atomic E-state index is 0.00725. The second-order valence-corrected chi connectivity index (χ2v) is 8.35. The molecule has 3 aromatic rings. The number of aromatic nitrogens is 2. The molecule has 0 spiro atoms. The third kappa shape index (κ3) is 3.92. The zero-order valence-electron chi connectivity index (χ0n) is 17.2. The average molecular weight is 420 g/mol. The van der Waals surface area contributed by atoms with E-state index in [0.29, 0.717) is 31.1 Å². The molecule has 0 fully saturated rings. The highest BCUT2D eigenvalue weighted by Gasteiger charge is 2.28. The predicted molar refractivity (Wildman–Crippen MR) is 121 cm³/mol. The van der Waals surface area contributed by atoms with E-state index >= 15 is 0 Å². The summed E-state index contributed by atoms with van der Waals surface area (Å²) in [4.78, 5) is 32.6. The highest BCUT2D eigenvalue weighted by atomic mass is 32.2. The summed E-state index contributed by atoms with van der Waals surface area (Å²) >= 11 is 1.52. The number of thioether (sulfide) groups is 1. The van der Waals surface area contributed by atoms with E-state index in [-0.39, 0.29) is 17.5 Å². The van der Waals surface area contributed by atoms with Crippen molar-refractivity contribution < 1.29 is 4.79 Å². The van der Waals surface area contributed by atoms with Crippen molar-refractivity contribution >= 4 is 17.7 Å². The molecule has 0 N–H and O–H groups in total. The highest BCUT2D eigenvalue weighted by Crippen LogP contribution is 2.27. The number of hydrogen-bond acceptors (Lipinski definition) is 4. The summed E-state index contributed by atoms with van der Waals surface area (Å²) in [6.45, 7) is 2.85. The highest BCUT2D eigenvalue weighted by molar-refractivity contribution is 7.99. The van der Waals surface area contributed by atoms with Gasteiger partial charge in [-0.3, -0.25) is 14.2 Å². The third-order valence-corrected chi connectivity index (χ3v) is 6.09. The largest absolute Gasteiger partial charge is 0.336 e. The van der Waals surface area contributed by atoms with Gasteiger partial charge >= 0.3 is 0 Å². The zero-order valence-corrected chi connectivity index (χ0v) is 18.1. The van der Waals surface area contributed by atoms with Gasteiger partial charge in [-0.25, -0.2) is 4.98 Å². The summed E-state index contributed by atoms with van der Waals surface area (Å²) in [6.07, 6.45) is 2.46. The third-order valence-electron chi connectivity index (χ3n) is 5.55. The van der Waals surface area contributed by atoms with E-state index in [1.165, 1.54) is 11.8 Å². The topological polar surface area (TPSA) is 55.2 Å². The van der Waals surface area contributed by atoms with Crippen LogP contribution in [-0.4, -0.2) is 38.9 Å². The van der Waals surface area contributed by atoms with Gasteiger partial charge in [-0.1, -0.05) is 60.7 Å². The van der Waals surface area contributed by atoms with Crippen LogP contribution in [-0.2, 0) is 17.8 Å². The molecule has 0 bridgehead atoms. The minimum atomic E-state index is -0.242. The molecule has 30 heavy (non-hydrogen) atoms. The first kappa shape index (κ1) is 20.4. The Bertz CT molecular complexity index is 1060. The lowest BCUT2D eigenvalue weighted by Gasteiger charge is -2.30. The van der Waals surface area contributed by atoms with E-state index < -0.39 is 0 Å². The standard InChI is InChI=1S/C24H25N3O2S/c1-17-25-21-15-26(22(28)16-30-2)14-13-20(21)24(29)27(17)23(18-9-5-3-6-10-18)19-11-7-4-8-12-19/h3-12,23H,13-16H2,1-2H3. The Morgan fingerprint density at radius 3 is 2.23 bits per heavy atom. The molecular formula is C24H25N3O2S. The molecule has 2 heterocycles. The van der Waals surface area contributed by atoms with Crippen LogP contribution in [0.4, 0.5) is 0 Å². The minimum Gasteiger partial charge on any atom is -0.336 e. The fourth-order valence-electron chi connectivity index (χ4n) is 4.11. The Morgan fingerprint density at radius 2 is 1.67 bits per heavy atom. The van der Waals surface area contributed by atoms with Gasteiger partial charge in [0.25, 0.3) is 5.56 Å². The molecule has 1 aliphatic rings. The number of carbonyl (C=O) groups excluding carboxylic acids is 1. The van der Waals surface area contributed by atoms with Crippen LogP contribution in [0.3, 0.4) is 0 Å². The lowest BCUT2D eigenvalue weighted by Crippen LogP contribution is -2.42. The van der Waals surface area contributed by atoms with Crippen LogP contribution in [0.2, 0.25) is 0 Å². The molecule has 1 aromatic heterocycles. The lowest BCUT2D eigenvalue weighted by atomic mass is 9.97. The summed E-state index contributed by atoms with van der Waals surface area (Å²) in [7, 11) is 0. The van der Waals surface area contributed by atoms with Crippen LogP contribution in [0.1, 0.15) is 34.3 Å². The number of rotatable bonds is 5. The van der Waals surface area contributed by atoms with Crippen molar-refractivity contribution in [3.05, 3.63) is 99.2 Å². The number of amides is 1. The molecule has 154 valence electrons. The molecule has 0 aliphatic carbocycles. The molecule has 2 aromatic carbocycles. The van der Waals surface area contributed by atoms with E-state index in [2.05, 4.69) is 0 Å². The van der Waals surface area contributed by atoms with Gasteiger partial charge in [-0.2, -0.15) is 11.8 Å². The normalized spacial score (nSPS) is 13.4. The van der Waals surface area contributed by atoms with Gasteiger partial charge in [0.15, 0.2) is 0 Å². The van der Waals surface area contributed by atoms with Gasteiger partial charge in [0, 0.05) is 12.1 Å². The number of hydrogen-bond donors (Lipinski definition) is 0. The SMILES string of the molecule is CSCC(=O)N1CCc2c(nc(C)n(C(c3ccccc3)c3ccccc3)c2=O)C1. The number of nitrogens with zero attached hydrogens (tertiary/aromatic N) is 3. The maximum absolute atomic E-state index is 13.6. The molecular weight excluding hydrogens is 394 g/mol. The van der Waals surface area contributed by atoms with Gasteiger partial charge in [0.05, 0.1) is 24.0 Å². The Labute approximate surface area is 180 Å². The zero-order chi connectivity index (χ0) is 21.1. The Hall–Kier alpha value is -2.86. The van der Waals surface area contributed by atoms with E-state index in [0.717, 1.165) is 22.4 Å². The van der Waals surface area contributed by atoms with E-state index in [1.807, 2.05) is 78.4 Å². The first-order valence-corrected chi connectivity index (χ1v) is 11.5. The van der Waals surface area contributed by atoms with E-state index in [4.69, 9.17) is 4.98 Å². The molecule has 0 unspecified atom stereocenters. The number of benzene rings is 2. The van der Waals surface area contributed by atoms with Crippen molar-refractivity contribution in [1.82, 2.24) is 14.5 Å². The van der Waals surface area contributed by atoms with Gasteiger partial charge in [0.1, 0.15) is 5.82 Å². The molecule has 0 saturated heterocycles. The second-order valence-electron chi connectivity index (χ2n) is 7.48. The molecule has 5 nitrogen and oxygen atoms in total. The molecule has 4 rings (SSSR count). The first-order valence-electron chi connectivity index (χ1n) is 10.1. The molecule has 6 heteroatoms. The molecule has 0 atom stereocenters. The van der Waals surface area contributed by atoms with Crippen LogP contribution in [0.5, 0.6) is 0 Å². The van der Waals surface area contributed by atoms with Crippen LogP contribution in [0.25, 0.3) is 0 Å². The number of aryl methyl sites for hydroxylation is 1. The Kier molecular flexibility index (Phi) is 6.04. The van der Waals surface area contributed by atoms with Crippen LogP contribution >= 0.6 is 11.8 Å². The first-order chi connectivity index (χ1) is 14.6. The lowest BCUT2D eigenvalue weighted by molar-refractivity contribution is -0.129. The van der Waals surface area contributed by atoms with Gasteiger partial charge in [-0.15, -0.1) is 0 Å². The van der Waals surface area contributed by atoms with Crippen molar-refractivity contribution in [2.75, 3.05) is 18.6 Å². The van der Waals surface area contributed by atoms with Crippen LogP contribution in [0, 0.1) is 6.92 Å². The van der Waals surface area contributed by atoms with Crippen molar-refractivity contribution in [3.63, 3.8) is 0 Å². The summed E-state index contributed by atoms with van der Waals surface area (Å²) in [6, 6.07) is 19.9. The molecule has 1 amide bonds. The summed E-state index contributed by atoms with van der Waals surface area (Å²) in [5.74, 6) is 1.22. The maximum Gasteiger partial charge on any atom is 0.257 e. The Balaban J connectivity index is 1.81. The summed E-state index contributed by atoms with van der Waals surface area (Å²) in [5, 5.41) is 0. The maximum atomic E-state index is 13.6. The van der Waals surface area contributed by atoms with E-state index in [9.17, 15) is 9.59 Å². The van der Waals surface area contributed by atoms with E-state index in [1.54, 1.807) is 4.90 Å². The molecule has 1 aliphatic heterocycles.